The summed E-state index contributed by atoms with van der Waals surface area (Å²) in [5, 5.41) is 9.94. The van der Waals surface area contributed by atoms with E-state index in [0.29, 0.717) is 0 Å². The second-order valence-electron chi connectivity index (χ2n) is 16.1. The van der Waals surface area contributed by atoms with Crippen molar-refractivity contribution in [2.24, 2.45) is 0 Å². The average molecular weight is 789 g/mol. The van der Waals surface area contributed by atoms with Crippen molar-refractivity contribution in [3.8, 4) is 39.1 Å². The van der Waals surface area contributed by atoms with Crippen molar-refractivity contribution in [3.05, 3.63) is 243 Å². The minimum absolute atomic E-state index is 1.10. The van der Waals surface area contributed by atoms with Crippen LogP contribution in [0.5, 0.6) is 0 Å². The van der Waals surface area contributed by atoms with Crippen molar-refractivity contribution in [1.29, 1.82) is 0 Å². The third-order valence-electron chi connectivity index (χ3n) is 12.6. The zero-order chi connectivity index (χ0) is 41.0. The van der Waals surface area contributed by atoms with E-state index in [4.69, 9.17) is 0 Å². The Hall–Kier alpha value is -8.20. The molecule has 0 saturated heterocycles. The summed E-state index contributed by atoms with van der Waals surface area (Å²) in [4.78, 5) is 2.40. The first-order valence-electron chi connectivity index (χ1n) is 21.3. The number of anilines is 3. The zero-order valence-corrected chi connectivity index (χ0v) is 34.0. The van der Waals surface area contributed by atoms with Crippen LogP contribution in [0.15, 0.2) is 243 Å². The molecule has 0 aliphatic heterocycles. The van der Waals surface area contributed by atoms with Gasteiger partial charge in [0.05, 0.1) is 16.7 Å². The van der Waals surface area contributed by atoms with Gasteiger partial charge in [-0.05, 0) is 121 Å². The van der Waals surface area contributed by atoms with E-state index in [1.54, 1.807) is 0 Å². The van der Waals surface area contributed by atoms with Crippen molar-refractivity contribution in [2.75, 3.05) is 4.90 Å². The largest absolute Gasteiger partial charge is 0.310 e. The molecule has 11 aromatic carbocycles. The minimum atomic E-state index is 1.10. The smallest absolute Gasteiger partial charge is 0.0541 e. The molecule has 12 rings (SSSR count). The molecule has 0 atom stereocenters. The maximum absolute atomic E-state index is 2.40. The number of fused-ring (bicyclic) bond motifs is 6. The summed E-state index contributed by atoms with van der Waals surface area (Å²) in [5.41, 5.74) is 14.3. The minimum Gasteiger partial charge on any atom is -0.310 e. The van der Waals surface area contributed by atoms with Crippen LogP contribution in [0.2, 0.25) is 0 Å². The quantitative estimate of drug-likeness (QED) is 0.146. The Balaban J connectivity index is 0.977. The highest BCUT2D eigenvalue weighted by molar-refractivity contribution is 6.21. The van der Waals surface area contributed by atoms with Gasteiger partial charge in [-0.25, -0.2) is 0 Å². The number of rotatable bonds is 7. The van der Waals surface area contributed by atoms with E-state index in [-0.39, 0.29) is 0 Å². The fourth-order valence-corrected chi connectivity index (χ4v) is 9.77. The highest BCUT2D eigenvalue weighted by atomic mass is 15.1. The fraction of sp³-hybridized carbons (Fsp3) is 0. The summed E-state index contributed by atoms with van der Waals surface area (Å²) in [6.45, 7) is 0. The summed E-state index contributed by atoms with van der Waals surface area (Å²) in [6, 6.07) is 88.4. The number of hydrogen-bond donors (Lipinski definition) is 0. The zero-order valence-electron chi connectivity index (χ0n) is 34.0. The Bertz CT molecular complexity index is 3540. The van der Waals surface area contributed by atoms with Crippen molar-refractivity contribution in [1.82, 2.24) is 4.57 Å². The molecule has 0 amide bonds. The van der Waals surface area contributed by atoms with Crippen LogP contribution in [0.25, 0.3) is 93.2 Å². The first kappa shape index (κ1) is 35.7. The van der Waals surface area contributed by atoms with E-state index in [9.17, 15) is 0 Å². The summed E-state index contributed by atoms with van der Waals surface area (Å²) in [7, 11) is 0. The standard InChI is InChI=1S/C60H40N2/c1-3-17-43(18-4-1)59-51-24-9-11-26-53(51)60(54-27-12-10-25-52(54)59)44-32-37-48(38-33-44)61(56-29-15-19-42-16-7-8-22-49(42)56)47-35-30-41(31-36-47)45-34-39-58-55(40-45)50-23-13-14-28-57(50)62(58)46-20-5-2-6-21-46/h1-40H. The van der Waals surface area contributed by atoms with Gasteiger partial charge in [0.1, 0.15) is 0 Å². The van der Waals surface area contributed by atoms with E-state index in [2.05, 4.69) is 252 Å². The summed E-state index contributed by atoms with van der Waals surface area (Å²) in [5.74, 6) is 0. The molecule has 0 fully saturated rings. The summed E-state index contributed by atoms with van der Waals surface area (Å²) >= 11 is 0. The van der Waals surface area contributed by atoms with Crippen LogP contribution in [-0.4, -0.2) is 4.57 Å². The molecule has 0 aliphatic carbocycles. The van der Waals surface area contributed by atoms with Gasteiger partial charge in [-0.1, -0.05) is 182 Å². The van der Waals surface area contributed by atoms with Crippen LogP contribution < -0.4 is 4.90 Å². The molecular weight excluding hydrogens is 749 g/mol. The van der Waals surface area contributed by atoms with Gasteiger partial charge in [0.15, 0.2) is 0 Å². The Morgan fingerprint density at radius 3 is 1.35 bits per heavy atom. The molecule has 0 saturated carbocycles. The molecule has 12 aromatic rings. The topological polar surface area (TPSA) is 8.17 Å². The molecule has 1 heterocycles. The molecule has 0 spiro atoms. The SMILES string of the molecule is c1ccc(-c2c3ccccc3c(-c3ccc(N(c4ccc(-c5ccc6c(c5)c5ccccc5n6-c5ccccc5)cc4)c4cccc5ccccc45)cc3)c3ccccc23)cc1. The molecule has 0 radical (unpaired) electrons. The van der Waals surface area contributed by atoms with Crippen molar-refractivity contribution >= 4 is 71.2 Å². The third-order valence-corrected chi connectivity index (χ3v) is 12.6. The Morgan fingerprint density at radius 2 is 0.726 bits per heavy atom. The molecule has 1 aromatic heterocycles. The van der Waals surface area contributed by atoms with Crippen molar-refractivity contribution in [2.45, 2.75) is 0 Å². The Labute approximate surface area is 360 Å². The normalized spacial score (nSPS) is 11.5. The van der Waals surface area contributed by atoms with Crippen molar-refractivity contribution < 1.29 is 0 Å². The van der Waals surface area contributed by atoms with Gasteiger partial charge in [0, 0.05) is 33.2 Å². The lowest BCUT2D eigenvalue weighted by Gasteiger charge is -2.27. The molecule has 2 nitrogen and oxygen atoms in total. The first-order chi connectivity index (χ1) is 30.8. The second kappa shape index (κ2) is 14.8. The fourth-order valence-electron chi connectivity index (χ4n) is 9.77. The number of nitrogens with zero attached hydrogens (tertiary/aromatic N) is 2. The van der Waals surface area contributed by atoms with Gasteiger partial charge in [0.2, 0.25) is 0 Å². The predicted molar refractivity (Wildman–Crippen MR) is 264 cm³/mol. The van der Waals surface area contributed by atoms with Crippen LogP contribution >= 0.6 is 0 Å². The maximum Gasteiger partial charge on any atom is 0.0541 e. The van der Waals surface area contributed by atoms with E-state index in [1.165, 1.54) is 93.2 Å². The van der Waals surface area contributed by atoms with E-state index in [0.717, 1.165) is 17.1 Å². The highest BCUT2D eigenvalue weighted by Gasteiger charge is 2.20. The van der Waals surface area contributed by atoms with Crippen LogP contribution in [0, 0.1) is 0 Å². The third kappa shape index (κ3) is 5.88. The van der Waals surface area contributed by atoms with Crippen LogP contribution in [0.4, 0.5) is 17.1 Å². The van der Waals surface area contributed by atoms with Crippen LogP contribution in [0.1, 0.15) is 0 Å². The second-order valence-corrected chi connectivity index (χ2v) is 16.1. The molecule has 290 valence electrons. The molecule has 2 heteroatoms. The number of benzene rings is 11. The number of hydrogen-bond acceptors (Lipinski definition) is 1. The van der Waals surface area contributed by atoms with E-state index in [1.807, 2.05) is 0 Å². The van der Waals surface area contributed by atoms with Gasteiger partial charge in [-0.3, -0.25) is 0 Å². The van der Waals surface area contributed by atoms with Crippen molar-refractivity contribution in [3.63, 3.8) is 0 Å². The monoisotopic (exact) mass is 788 g/mol. The highest BCUT2D eigenvalue weighted by Crippen LogP contribution is 2.45. The Kier molecular flexibility index (Phi) is 8.53. The van der Waals surface area contributed by atoms with Gasteiger partial charge in [-0.15, -0.1) is 0 Å². The predicted octanol–water partition coefficient (Wildman–Crippen LogP) is 16.7. The Morgan fingerprint density at radius 1 is 0.274 bits per heavy atom. The lowest BCUT2D eigenvalue weighted by Crippen LogP contribution is -2.10. The first-order valence-corrected chi connectivity index (χ1v) is 21.3. The molecular formula is C60H40N2. The summed E-state index contributed by atoms with van der Waals surface area (Å²) < 4.78 is 2.37. The van der Waals surface area contributed by atoms with Crippen LogP contribution in [0.3, 0.4) is 0 Å². The molecule has 0 bridgehead atoms. The summed E-state index contributed by atoms with van der Waals surface area (Å²) in [6.07, 6.45) is 0. The maximum atomic E-state index is 2.40. The molecule has 0 unspecified atom stereocenters. The lowest BCUT2D eigenvalue weighted by atomic mass is 9.86. The van der Waals surface area contributed by atoms with E-state index < -0.39 is 0 Å². The average Bonchev–Trinajstić information content (AvgIpc) is 3.68. The van der Waals surface area contributed by atoms with Gasteiger partial charge in [0.25, 0.3) is 0 Å². The number of para-hydroxylation sites is 2. The van der Waals surface area contributed by atoms with Gasteiger partial charge >= 0.3 is 0 Å². The number of aromatic nitrogens is 1. The van der Waals surface area contributed by atoms with Gasteiger partial charge < -0.3 is 9.47 Å². The molecule has 0 N–H and O–H groups in total. The lowest BCUT2D eigenvalue weighted by molar-refractivity contribution is 1.18. The van der Waals surface area contributed by atoms with Crippen LogP contribution in [-0.2, 0) is 0 Å². The van der Waals surface area contributed by atoms with Gasteiger partial charge in [-0.2, -0.15) is 0 Å². The molecule has 0 aliphatic rings. The van der Waals surface area contributed by atoms with E-state index >= 15 is 0 Å². The molecule has 62 heavy (non-hydrogen) atoms.